The molecular formula is C13H9BrCl2N2O. The molecule has 0 saturated heterocycles. The van der Waals surface area contributed by atoms with Crippen LogP contribution in [0.15, 0.2) is 34.8 Å². The van der Waals surface area contributed by atoms with Crippen molar-refractivity contribution in [1.82, 2.24) is 4.98 Å². The number of carbonyl (C=O) groups is 1. The molecule has 0 aliphatic carbocycles. The number of hydrogen-bond donors (Lipinski definition) is 1. The summed E-state index contributed by atoms with van der Waals surface area (Å²) >= 11 is 15.1. The number of aromatic nitrogens is 1. The molecule has 19 heavy (non-hydrogen) atoms. The van der Waals surface area contributed by atoms with Gasteiger partial charge in [0.1, 0.15) is 5.15 Å². The van der Waals surface area contributed by atoms with E-state index in [1.165, 1.54) is 0 Å². The fraction of sp³-hybridized carbons (Fsp3) is 0.0769. The molecule has 0 radical (unpaired) electrons. The van der Waals surface area contributed by atoms with Crippen molar-refractivity contribution in [3.8, 4) is 0 Å². The third kappa shape index (κ3) is 3.47. The first-order chi connectivity index (χ1) is 8.97. The van der Waals surface area contributed by atoms with Crippen molar-refractivity contribution in [2.45, 2.75) is 6.92 Å². The number of amides is 1. The monoisotopic (exact) mass is 358 g/mol. The molecule has 0 bridgehead atoms. The highest BCUT2D eigenvalue weighted by molar-refractivity contribution is 9.10. The number of benzene rings is 1. The fourth-order valence-corrected chi connectivity index (χ4v) is 2.47. The summed E-state index contributed by atoms with van der Waals surface area (Å²) in [5.74, 6) is -0.287. The van der Waals surface area contributed by atoms with Crippen LogP contribution in [0.25, 0.3) is 0 Å². The summed E-state index contributed by atoms with van der Waals surface area (Å²) in [6.07, 6.45) is 0. The van der Waals surface area contributed by atoms with Gasteiger partial charge in [-0.05, 0) is 37.3 Å². The highest BCUT2D eigenvalue weighted by Gasteiger charge is 2.12. The summed E-state index contributed by atoms with van der Waals surface area (Å²) in [6.45, 7) is 1.77. The minimum absolute atomic E-state index is 0.287. The van der Waals surface area contributed by atoms with E-state index < -0.39 is 0 Å². The van der Waals surface area contributed by atoms with E-state index in [9.17, 15) is 4.79 Å². The highest BCUT2D eigenvalue weighted by Crippen LogP contribution is 2.23. The van der Waals surface area contributed by atoms with Gasteiger partial charge in [-0.2, -0.15) is 0 Å². The number of rotatable bonds is 2. The second-order valence-corrected chi connectivity index (χ2v) is 5.56. The van der Waals surface area contributed by atoms with Crippen molar-refractivity contribution in [3.63, 3.8) is 0 Å². The molecule has 0 atom stereocenters. The summed E-state index contributed by atoms with van der Waals surface area (Å²) in [6, 6.07) is 8.40. The normalized spacial score (nSPS) is 10.3. The third-order valence-corrected chi connectivity index (χ3v) is 3.49. The number of hydrogen-bond acceptors (Lipinski definition) is 2. The van der Waals surface area contributed by atoms with Crippen molar-refractivity contribution in [2.24, 2.45) is 0 Å². The number of nitrogens with zero attached hydrogens (tertiary/aromatic N) is 1. The predicted molar refractivity (Wildman–Crippen MR) is 81.1 cm³/mol. The van der Waals surface area contributed by atoms with E-state index in [2.05, 4.69) is 26.2 Å². The van der Waals surface area contributed by atoms with Crippen LogP contribution in [0.4, 0.5) is 5.69 Å². The zero-order chi connectivity index (χ0) is 14.0. The molecule has 1 aromatic heterocycles. The molecule has 1 heterocycles. The highest BCUT2D eigenvalue weighted by atomic mass is 79.9. The largest absolute Gasteiger partial charge is 0.320 e. The average molecular weight is 360 g/mol. The van der Waals surface area contributed by atoms with Crippen molar-refractivity contribution in [3.05, 3.63) is 56.2 Å². The molecule has 0 fully saturated rings. The summed E-state index contributed by atoms with van der Waals surface area (Å²) in [5.41, 5.74) is 1.65. The number of nitrogens with one attached hydrogen (secondary N) is 1. The zero-order valence-corrected chi connectivity index (χ0v) is 13.0. The van der Waals surface area contributed by atoms with E-state index in [0.29, 0.717) is 27.1 Å². The van der Waals surface area contributed by atoms with Gasteiger partial charge < -0.3 is 5.32 Å². The molecule has 0 aliphatic heterocycles. The van der Waals surface area contributed by atoms with Gasteiger partial charge in [0, 0.05) is 4.47 Å². The summed E-state index contributed by atoms with van der Waals surface area (Å²) < 4.78 is 0.818. The number of aryl methyl sites for hydroxylation is 1. The van der Waals surface area contributed by atoms with Crippen molar-refractivity contribution < 1.29 is 4.79 Å². The standard InChI is InChI=1S/C13H9BrCl2N2O/c1-7-11(4-5-12(16)17-7)18-13(19)9-3-2-8(14)6-10(9)15/h2-6H,1H3,(H,18,19). The van der Waals surface area contributed by atoms with E-state index in [4.69, 9.17) is 23.2 Å². The Bertz CT molecular complexity index is 647. The predicted octanol–water partition coefficient (Wildman–Crippen LogP) is 4.71. The smallest absolute Gasteiger partial charge is 0.257 e. The summed E-state index contributed by atoms with van der Waals surface area (Å²) in [7, 11) is 0. The van der Waals surface area contributed by atoms with Crippen LogP contribution in [0.5, 0.6) is 0 Å². The van der Waals surface area contributed by atoms with Crippen LogP contribution in [-0.2, 0) is 0 Å². The second-order valence-electron chi connectivity index (χ2n) is 3.85. The van der Waals surface area contributed by atoms with Crippen LogP contribution in [-0.4, -0.2) is 10.9 Å². The lowest BCUT2D eigenvalue weighted by Gasteiger charge is -2.09. The maximum absolute atomic E-state index is 12.1. The van der Waals surface area contributed by atoms with Crippen LogP contribution in [0.3, 0.4) is 0 Å². The summed E-state index contributed by atoms with van der Waals surface area (Å²) in [5, 5.41) is 3.52. The second kappa shape index (κ2) is 5.90. The van der Waals surface area contributed by atoms with Gasteiger partial charge in [0.15, 0.2) is 0 Å². The van der Waals surface area contributed by atoms with Crippen LogP contribution in [0.2, 0.25) is 10.2 Å². The van der Waals surface area contributed by atoms with Gasteiger partial charge in [-0.1, -0.05) is 39.1 Å². The maximum Gasteiger partial charge on any atom is 0.257 e. The van der Waals surface area contributed by atoms with Gasteiger partial charge in [-0.15, -0.1) is 0 Å². The molecule has 3 nitrogen and oxygen atoms in total. The Labute approximate surface area is 129 Å². The molecule has 2 rings (SSSR count). The van der Waals surface area contributed by atoms with E-state index >= 15 is 0 Å². The molecule has 1 N–H and O–H groups in total. The van der Waals surface area contributed by atoms with Gasteiger partial charge in [0.05, 0.1) is 22.0 Å². The number of pyridine rings is 1. The average Bonchev–Trinajstić information content (AvgIpc) is 2.32. The van der Waals surface area contributed by atoms with Crippen molar-refractivity contribution >= 4 is 50.7 Å². The Morgan fingerprint density at radius 2 is 2.00 bits per heavy atom. The first-order valence-electron chi connectivity index (χ1n) is 5.37. The molecule has 98 valence electrons. The molecular weight excluding hydrogens is 351 g/mol. The van der Waals surface area contributed by atoms with Crippen LogP contribution < -0.4 is 5.32 Å². The molecule has 2 aromatic rings. The minimum atomic E-state index is -0.287. The molecule has 1 amide bonds. The third-order valence-electron chi connectivity index (χ3n) is 2.48. The van der Waals surface area contributed by atoms with Gasteiger partial charge >= 0.3 is 0 Å². The fourth-order valence-electron chi connectivity index (χ4n) is 1.53. The van der Waals surface area contributed by atoms with Crippen LogP contribution >= 0.6 is 39.1 Å². The van der Waals surface area contributed by atoms with Crippen molar-refractivity contribution in [1.29, 1.82) is 0 Å². The summed E-state index contributed by atoms with van der Waals surface area (Å²) in [4.78, 5) is 16.2. The lowest BCUT2D eigenvalue weighted by Crippen LogP contribution is -2.13. The minimum Gasteiger partial charge on any atom is -0.320 e. The zero-order valence-electron chi connectivity index (χ0n) is 9.88. The number of halogens is 3. The number of carbonyl (C=O) groups excluding carboxylic acids is 1. The lowest BCUT2D eigenvalue weighted by molar-refractivity contribution is 0.102. The van der Waals surface area contributed by atoms with Gasteiger partial charge in [-0.3, -0.25) is 4.79 Å². The Morgan fingerprint density at radius 3 is 2.63 bits per heavy atom. The van der Waals surface area contributed by atoms with Crippen LogP contribution in [0.1, 0.15) is 16.1 Å². The first-order valence-corrected chi connectivity index (χ1v) is 6.92. The number of anilines is 1. The van der Waals surface area contributed by atoms with E-state index in [1.54, 1.807) is 37.3 Å². The van der Waals surface area contributed by atoms with E-state index in [-0.39, 0.29) is 5.91 Å². The van der Waals surface area contributed by atoms with E-state index in [1.807, 2.05) is 0 Å². The molecule has 0 saturated carbocycles. The lowest BCUT2D eigenvalue weighted by atomic mass is 10.2. The Balaban J connectivity index is 2.25. The maximum atomic E-state index is 12.1. The van der Waals surface area contributed by atoms with Gasteiger partial charge in [0.2, 0.25) is 0 Å². The SMILES string of the molecule is Cc1nc(Cl)ccc1NC(=O)c1ccc(Br)cc1Cl. The topological polar surface area (TPSA) is 42.0 Å². The quantitative estimate of drug-likeness (QED) is 0.789. The first kappa shape index (κ1) is 14.3. The molecule has 6 heteroatoms. The Kier molecular flexibility index (Phi) is 4.45. The molecule has 0 spiro atoms. The van der Waals surface area contributed by atoms with Crippen LogP contribution in [0, 0.1) is 6.92 Å². The molecule has 1 aromatic carbocycles. The van der Waals surface area contributed by atoms with Crippen molar-refractivity contribution in [2.75, 3.05) is 5.32 Å². The van der Waals surface area contributed by atoms with E-state index in [0.717, 1.165) is 4.47 Å². The van der Waals surface area contributed by atoms with Gasteiger partial charge in [-0.25, -0.2) is 4.98 Å². The van der Waals surface area contributed by atoms with Gasteiger partial charge in [0.25, 0.3) is 5.91 Å². The Morgan fingerprint density at radius 1 is 1.26 bits per heavy atom. The molecule has 0 aliphatic rings. The molecule has 0 unspecified atom stereocenters. The Hall–Kier alpha value is -1.10.